The standard InChI is InChI=1S/C12H16N4O2S/c17-10-3-1-4-12(13-10)5-2-6-16(8-12)11(18)9-7-19-15-14-9/h7H,1-6,8H2,(H,13,17). The van der Waals surface area contributed by atoms with Crippen LogP contribution in [0.1, 0.15) is 42.6 Å². The minimum atomic E-state index is -0.216. The second-order valence-corrected chi connectivity index (χ2v) is 5.91. The van der Waals surface area contributed by atoms with Crippen molar-refractivity contribution in [1.82, 2.24) is 19.8 Å². The fourth-order valence-corrected chi connectivity index (χ4v) is 3.47. The highest BCUT2D eigenvalue weighted by Crippen LogP contribution is 2.30. The van der Waals surface area contributed by atoms with E-state index in [0.717, 1.165) is 32.2 Å². The molecule has 1 atom stereocenters. The van der Waals surface area contributed by atoms with Crippen LogP contribution < -0.4 is 5.32 Å². The molecule has 0 aromatic carbocycles. The molecule has 3 rings (SSSR count). The zero-order valence-corrected chi connectivity index (χ0v) is 11.4. The minimum absolute atomic E-state index is 0.0763. The number of nitrogens with zero attached hydrogens (tertiary/aromatic N) is 3. The lowest BCUT2D eigenvalue weighted by Crippen LogP contribution is -2.61. The van der Waals surface area contributed by atoms with Gasteiger partial charge in [-0.2, -0.15) is 0 Å². The average Bonchev–Trinajstić information content (AvgIpc) is 2.91. The van der Waals surface area contributed by atoms with Crippen molar-refractivity contribution in [2.24, 2.45) is 0 Å². The van der Waals surface area contributed by atoms with Gasteiger partial charge in [0.15, 0.2) is 5.69 Å². The van der Waals surface area contributed by atoms with E-state index < -0.39 is 0 Å². The Morgan fingerprint density at radius 3 is 3.00 bits per heavy atom. The fourth-order valence-electron chi connectivity index (χ4n) is 3.04. The van der Waals surface area contributed by atoms with Crippen LogP contribution in [0.2, 0.25) is 0 Å². The molecule has 2 amide bonds. The van der Waals surface area contributed by atoms with Crippen molar-refractivity contribution < 1.29 is 9.59 Å². The fraction of sp³-hybridized carbons (Fsp3) is 0.667. The molecule has 2 saturated heterocycles. The molecule has 102 valence electrons. The topological polar surface area (TPSA) is 75.2 Å². The number of rotatable bonds is 1. The lowest BCUT2D eigenvalue weighted by Gasteiger charge is -2.45. The van der Waals surface area contributed by atoms with Crippen molar-refractivity contribution in [2.45, 2.75) is 37.6 Å². The third-order valence-corrected chi connectivity index (χ3v) is 4.41. The zero-order chi connectivity index (χ0) is 13.3. The lowest BCUT2D eigenvalue weighted by atomic mass is 9.81. The molecule has 2 aliphatic rings. The SMILES string of the molecule is O=C1CCCC2(CCCN(C(=O)c3csnn3)C2)N1. The van der Waals surface area contributed by atoms with E-state index in [1.54, 1.807) is 10.3 Å². The number of likely N-dealkylation sites (tertiary alicyclic amines) is 1. The van der Waals surface area contributed by atoms with Crippen LogP contribution in [-0.2, 0) is 4.79 Å². The number of nitrogens with one attached hydrogen (secondary N) is 1. The Morgan fingerprint density at radius 2 is 2.26 bits per heavy atom. The largest absolute Gasteiger partial charge is 0.349 e. The van der Waals surface area contributed by atoms with Crippen LogP contribution in [0.5, 0.6) is 0 Å². The monoisotopic (exact) mass is 280 g/mol. The third-order valence-electron chi connectivity index (χ3n) is 3.91. The molecule has 0 saturated carbocycles. The van der Waals surface area contributed by atoms with Gasteiger partial charge in [0.25, 0.3) is 5.91 Å². The van der Waals surface area contributed by atoms with Gasteiger partial charge in [-0.05, 0) is 37.2 Å². The lowest BCUT2D eigenvalue weighted by molar-refractivity contribution is -0.126. The molecule has 6 nitrogen and oxygen atoms in total. The summed E-state index contributed by atoms with van der Waals surface area (Å²) in [6.07, 6.45) is 4.34. The van der Waals surface area contributed by atoms with Gasteiger partial charge in [0, 0.05) is 24.9 Å². The van der Waals surface area contributed by atoms with Crippen LogP contribution in [-0.4, -0.2) is 44.9 Å². The summed E-state index contributed by atoms with van der Waals surface area (Å²) in [6.45, 7) is 1.32. The molecule has 0 bridgehead atoms. The van der Waals surface area contributed by atoms with Crippen LogP contribution >= 0.6 is 11.5 Å². The molecule has 2 aliphatic heterocycles. The van der Waals surface area contributed by atoms with Gasteiger partial charge >= 0.3 is 0 Å². The van der Waals surface area contributed by atoms with E-state index in [1.165, 1.54) is 11.5 Å². The number of carbonyl (C=O) groups is 2. The zero-order valence-electron chi connectivity index (χ0n) is 10.6. The van der Waals surface area contributed by atoms with Gasteiger partial charge < -0.3 is 10.2 Å². The normalized spacial score (nSPS) is 27.4. The molecule has 3 heterocycles. The Hall–Kier alpha value is -1.50. The first kappa shape index (κ1) is 12.5. The van der Waals surface area contributed by atoms with Gasteiger partial charge in [-0.15, -0.1) is 5.10 Å². The van der Waals surface area contributed by atoms with Gasteiger partial charge in [-0.1, -0.05) is 4.49 Å². The van der Waals surface area contributed by atoms with Gasteiger partial charge in [-0.3, -0.25) is 9.59 Å². The second kappa shape index (κ2) is 4.88. The quantitative estimate of drug-likeness (QED) is 0.826. The van der Waals surface area contributed by atoms with Crippen molar-refractivity contribution in [1.29, 1.82) is 0 Å². The first-order valence-electron chi connectivity index (χ1n) is 6.56. The van der Waals surface area contributed by atoms with E-state index >= 15 is 0 Å². The summed E-state index contributed by atoms with van der Waals surface area (Å²) in [5.41, 5.74) is 0.191. The number of amides is 2. The van der Waals surface area contributed by atoms with Crippen LogP contribution in [0.4, 0.5) is 0 Å². The molecule has 1 spiro atoms. The van der Waals surface area contributed by atoms with Crippen molar-refractivity contribution in [3.8, 4) is 0 Å². The molecule has 1 unspecified atom stereocenters. The van der Waals surface area contributed by atoms with Crippen molar-refractivity contribution in [3.63, 3.8) is 0 Å². The van der Waals surface area contributed by atoms with Crippen LogP contribution in [0.15, 0.2) is 5.38 Å². The maximum atomic E-state index is 12.3. The Bertz CT molecular complexity index is 486. The molecule has 1 N–H and O–H groups in total. The molecule has 0 aliphatic carbocycles. The predicted octanol–water partition coefficient (Wildman–Crippen LogP) is 0.813. The van der Waals surface area contributed by atoms with E-state index in [-0.39, 0.29) is 17.4 Å². The highest BCUT2D eigenvalue weighted by atomic mass is 32.1. The number of hydrogen-bond donors (Lipinski definition) is 1. The Morgan fingerprint density at radius 1 is 1.42 bits per heavy atom. The summed E-state index contributed by atoms with van der Waals surface area (Å²) < 4.78 is 3.73. The van der Waals surface area contributed by atoms with Gasteiger partial charge in [0.05, 0.1) is 5.54 Å². The van der Waals surface area contributed by atoms with Crippen molar-refractivity contribution >= 4 is 23.3 Å². The third kappa shape index (κ3) is 2.47. The second-order valence-electron chi connectivity index (χ2n) is 5.30. The van der Waals surface area contributed by atoms with Crippen LogP contribution in [0.25, 0.3) is 0 Å². The first-order chi connectivity index (χ1) is 9.19. The first-order valence-corrected chi connectivity index (χ1v) is 7.40. The number of piperidine rings is 2. The van der Waals surface area contributed by atoms with Crippen molar-refractivity contribution in [2.75, 3.05) is 13.1 Å². The van der Waals surface area contributed by atoms with Gasteiger partial charge in [0.2, 0.25) is 5.91 Å². The van der Waals surface area contributed by atoms with Gasteiger partial charge in [0.1, 0.15) is 0 Å². The molecular formula is C12H16N4O2S. The average molecular weight is 280 g/mol. The van der Waals surface area contributed by atoms with E-state index in [1.807, 2.05) is 0 Å². The Kier molecular flexibility index (Phi) is 3.22. The molecular weight excluding hydrogens is 264 g/mol. The van der Waals surface area contributed by atoms with Crippen LogP contribution in [0, 0.1) is 0 Å². The van der Waals surface area contributed by atoms with Crippen molar-refractivity contribution in [3.05, 3.63) is 11.1 Å². The Labute approximate surface area is 115 Å². The minimum Gasteiger partial charge on any atom is -0.349 e. The summed E-state index contributed by atoms with van der Waals surface area (Å²) in [5, 5.41) is 8.60. The van der Waals surface area contributed by atoms with E-state index in [2.05, 4.69) is 14.9 Å². The summed E-state index contributed by atoms with van der Waals surface area (Å²) in [4.78, 5) is 25.7. The van der Waals surface area contributed by atoms with Gasteiger partial charge in [-0.25, -0.2) is 0 Å². The summed E-state index contributed by atoms with van der Waals surface area (Å²) in [5.74, 6) is 0.0310. The maximum Gasteiger partial charge on any atom is 0.275 e. The van der Waals surface area contributed by atoms with E-state index in [9.17, 15) is 9.59 Å². The molecule has 1 aromatic heterocycles. The summed E-state index contributed by atoms with van der Waals surface area (Å²) in [6, 6.07) is 0. The molecule has 1 aromatic rings. The van der Waals surface area contributed by atoms with Crippen LogP contribution in [0.3, 0.4) is 0 Å². The summed E-state index contributed by atoms with van der Waals surface area (Å²) in [7, 11) is 0. The molecule has 19 heavy (non-hydrogen) atoms. The number of aromatic nitrogens is 2. The maximum absolute atomic E-state index is 12.3. The molecule has 2 fully saturated rings. The predicted molar refractivity (Wildman–Crippen MR) is 69.8 cm³/mol. The molecule has 7 heteroatoms. The number of carbonyl (C=O) groups excluding carboxylic acids is 2. The van der Waals surface area contributed by atoms with E-state index in [0.29, 0.717) is 18.7 Å². The smallest absolute Gasteiger partial charge is 0.275 e. The highest BCUT2D eigenvalue weighted by Gasteiger charge is 2.40. The molecule has 0 radical (unpaired) electrons. The Balaban J connectivity index is 1.74. The number of hydrogen-bond acceptors (Lipinski definition) is 5. The summed E-state index contributed by atoms with van der Waals surface area (Å²) >= 11 is 1.18. The highest BCUT2D eigenvalue weighted by molar-refractivity contribution is 7.03. The van der Waals surface area contributed by atoms with E-state index in [4.69, 9.17) is 0 Å².